The molecular formula is C12H21N. The van der Waals surface area contributed by atoms with Crippen molar-refractivity contribution in [3.63, 3.8) is 0 Å². The first-order chi connectivity index (χ1) is 6.34. The van der Waals surface area contributed by atoms with Gasteiger partial charge in [0, 0.05) is 6.42 Å². The Kier molecular flexibility index (Phi) is 4.93. The molecule has 1 heterocycles. The van der Waals surface area contributed by atoms with E-state index < -0.39 is 0 Å². The maximum Gasteiger partial charge on any atom is 0.0712 e. The van der Waals surface area contributed by atoms with Gasteiger partial charge in [-0.05, 0) is 32.9 Å². The number of hydrogen-bond acceptors (Lipinski definition) is 1. The van der Waals surface area contributed by atoms with E-state index in [1.165, 1.54) is 38.6 Å². The van der Waals surface area contributed by atoms with Gasteiger partial charge in [0.25, 0.3) is 0 Å². The monoisotopic (exact) mass is 179 g/mol. The molecule has 0 aliphatic carbocycles. The van der Waals surface area contributed by atoms with Crippen LogP contribution in [0.25, 0.3) is 0 Å². The van der Waals surface area contributed by atoms with E-state index in [1.807, 2.05) is 0 Å². The molecule has 1 nitrogen and oxygen atoms in total. The van der Waals surface area contributed by atoms with Gasteiger partial charge in [0.05, 0.1) is 6.04 Å². The van der Waals surface area contributed by atoms with Gasteiger partial charge in [-0.15, -0.1) is 5.92 Å². The molecule has 0 N–H and O–H groups in total. The maximum absolute atomic E-state index is 3.37. The van der Waals surface area contributed by atoms with Crippen molar-refractivity contribution in [2.45, 2.75) is 51.5 Å². The molecule has 1 fully saturated rings. The highest BCUT2D eigenvalue weighted by molar-refractivity contribution is 5.09. The molecule has 1 heteroatoms. The van der Waals surface area contributed by atoms with Crippen LogP contribution < -0.4 is 0 Å². The van der Waals surface area contributed by atoms with E-state index in [9.17, 15) is 0 Å². The van der Waals surface area contributed by atoms with Crippen molar-refractivity contribution < 1.29 is 0 Å². The minimum Gasteiger partial charge on any atom is -0.293 e. The molecule has 0 aromatic carbocycles. The number of hydrogen-bond donors (Lipinski definition) is 0. The SMILES string of the molecule is CCCCCC#CC1CCCN1C. The number of likely N-dealkylation sites (tertiary alicyclic amines) is 1. The van der Waals surface area contributed by atoms with Crippen LogP contribution in [0.5, 0.6) is 0 Å². The van der Waals surface area contributed by atoms with Gasteiger partial charge >= 0.3 is 0 Å². The Morgan fingerprint density at radius 2 is 2.23 bits per heavy atom. The minimum atomic E-state index is 0.557. The maximum atomic E-state index is 3.37. The van der Waals surface area contributed by atoms with E-state index >= 15 is 0 Å². The van der Waals surface area contributed by atoms with E-state index in [0.717, 1.165) is 6.42 Å². The van der Waals surface area contributed by atoms with E-state index in [0.29, 0.717) is 6.04 Å². The van der Waals surface area contributed by atoms with Crippen LogP contribution in [0.4, 0.5) is 0 Å². The third-order valence-corrected chi connectivity index (χ3v) is 2.69. The third-order valence-electron chi connectivity index (χ3n) is 2.69. The normalized spacial score (nSPS) is 22.8. The van der Waals surface area contributed by atoms with Gasteiger partial charge in [-0.25, -0.2) is 0 Å². The van der Waals surface area contributed by atoms with Gasteiger partial charge in [-0.3, -0.25) is 4.90 Å². The largest absolute Gasteiger partial charge is 0.293 e. The molecule has 1 aliphatic rings. The van der Waals surface area contributed by atoms with E-state index in [4.69, 9.17) is 0 Å². The van der Waals surface area contributed by atoms with E-state index in [-0.39, 0.29) is 0 Å². The van der Waals surface area contributed by atoms with Crippen molar-refractivity contribution >= 4 is 0 Å². The van der Waals surface area contributed by atoms with E-state index in [2.05, 4.69) is 30.7 Å². The first-order valence-corrected chi connectivity index (χ1v) is 5.53. The Balaban J connectivity index is 2.14. The number of rotatable bonds is 3. The van der Waals surface area contributed by atoms with Gasteiger partial charge in [0.1, 0.15) is 0 Å². The summed E-state index contributed by atoms with van der Waals surface area (Å²) in [4.78, 5) is 2.37. The summed E-state index contributed by atoms with van der Waals surface area (Å²) >= 11 is 0. The molecule has 1 saturated heterocycles. The van der Waals surface area contributed by atoms with Gasteiger partial charge in [0.2, 0.25) is 0 Å². The smallest absolute Gasteiger partial charge is 0.0712 e. The summed E-state index contributed by atoms with van der Waals surface area (Å²) in [6, 6.07) is 0.557. The minimum absolute atomic E-state index is 0.557. The molecule has 0 radical (unpaired) electrons. The molecular weight excluding hydrogens is 158 g/mol. The van der Waals surface area contributed by atoms with Crippen molar-refractivity contribution in [1.29, 1.82) is 0 Å². The van der Waals surface area contributed by atoms with Crippen molar-refractivity contribution in [2.24, 2.45) is 0 Å². The van der Waals surface area contributed by atoms with Crippen molar-refractivity contribution in [2.75, 3.05) is 13.6 Å². The fraction of sp³-hybridized carbons (Fsp3) is 0.833. The molecule has 1 rings (SSSR count). The molecule has 0 aromatic heterocycles. The van der Waals surface area contributed by atoms with Gasteiger partial charge < -0.3 is 0 Å². The fourth-order valence-electron chi connectivity index (χ4n) is 1.75. The average Bonchev–Trinajstić information content (AvgIpc) is 2.52. The zero-order chi connectivity index (χ0) is 9.52. The van der Waals surface area contributed by atoms with Crippen LogP contribution in [0.2, 0.25) is 0 Å². The van der Waals surface area contributed by atoms with Crippen LogP contribution >= 0.6 is 0 Å². The highest BCUT2D eigenvalue weighted by Crippen LogP contribution is 2.13. The van der Waals surface area contributed by atoms with Crippen LogP contribution in [0, 0.1) is 11.8 Å². The first-order valence-electron chi connectivity index (χ1n) is 5.53. The van der Waals surface area contributed by atoms with Crippen LogP contribution in [-0.4, -0.2) is 24.5 Å². The van der Waals surface area contributed by atoms with Gasteiger partial charge in [0.15, 0.2) is 0 Å². The average molecular weight is 179 g/mol. The molecule has 1 unspecified atom stereocenters. The van der Waals surface area contributed by atoms with E-state index in [1.54, 1.807) is 0 Å². The summed E-state index contributed by atoms with van der Waals surface area (Å²) in [6.07, 6.45) is 7.60. The van der Waals surface area contributed by atoms with Crippen LogP contribution in [0.15, 0.2) is 0 Å². The quantitative estimate of drug-likeness (QED) is 0.475. The second-order valence-corrected chi connectivity index (χ2v) is 3.92. The molecule has 74 valence electrons. The first kappa shape index (κ1) is 10.6. The topological polar surface area (TPSA) is 3.24 Å². The summed E-state index contributed by atoms with van der Waals surface area (Å²) in [5.74, 6) is 6.67. The zero-order valence-corrected chi connectivity index (χ0v) is 8.97. The Hall–Kier alpha value is -0.480. The standard InChI is InChI=1S/C12H21N/c1-3-4-5-6-7-9-12-10-8-11-13(12)2/h12H,3-6,8,10-11H2,1-2H3. The lowest BCUT2D eigenvalue weighted by Crippen LogP contribution is -2.22. The Labute approximate surface area is 82.5 Å². The Morgan fingerprint density at radius 3 is 2.85 bits per heavy atom. The molecule has 0 bridgehead atoms. The van der Waals surface area contributed by atoms with Crippen LogP contribution in [0.1, 0.15) is 45.4 Å². The predicted molar refractivity (Wildman–Crippen MR) is 57.6 cm³/mol. The molecule has 0 aromatic rings. The second kappa shape index (κ2) is 6.05. The third kappa shape index (κ3) is 3.83. The van der Waals surface area contributed by atoms with Crippen molar-refractivity contribution in [3.8, 4) is 11.8 Å². The summed E-state index contributed by atoms with van der Waals surface area (Å²) < 4.78 is 0. The molecule has 1 atom stereocenters. The van der Waals surface area contributed by atoms with Gasteiger partial charge in [-0.1, -0.05) is 25.7 Å². The lowest BCUT2D eigenvalue weighted by Gasteiger charge is -2.12. The summed E-state index contributed by atoms with van der Waals surface area (Å²) in [6.45, 7) is 3.46. The van der Waals surface area contributed by atoms with Gasteiger partial charge in [-0.2, -0.15) is 0 Å². The molecule has 0 amide bonds. The van der Waals surface area contributed by atoms with Crippen molar-refractivity contribution in [1.82, 2.24) is 4.90 Å². The van der Waals surface area contributed by atoms with Crippen LogP contribution in [0.3, 0.4) is 0 Å². The van der Waals surface area contributed by atoms with Crippen LogP contribution in [-0.2, 0) is 0 Å². The Bertz CT molecular complexity index is 187. The second-order valence-electron chi connectivity index (χ2n) is 3.92. The molecule has 13 heavy (non-hydrogen) atoms. The summed E-state index contributed by atoms with van der Waals surface area (Å²) in [7, 11) is 2.18. The van der Waals surface area contributed by atoms with Crippen molar-refractivity contribution in [3.05, 3.63) is 0 Å². The predicted octanol–water partition coefficient (Wildman–Crippen LogP) is 2.66. The number of unbranched alkanes of at least 4 members (excludes halogenated alkanes) is 3. The number of nitrogens with zero attached hydrogens (tertiary/aromatic N) is 1. The lowest BCUT2D eigenvalue weighted by molar-refractivity contribution is 0.365. The highest BCUT2D eigenvalue weighted by Gasteiger charge is 2.17. The molecule has 0 saturated carbocycles. The lowest BCUT2D eigenvalue weighted by atomic mass is 10.2. The zero-order valence-electron chi connectivity index (χ0n) is 8.97. The fourth-order valence-corrected chi connectivity index (χ4v) is 1.75. The Morgan fingerprint density at radius 1 is 1.38 bits per heavy atom. The molecule has 1 aliphatic heterocycles. The summed E-state index contributed by atoms with van der Waals surface area (Å²) in [5.41, 5.74) is 0. The summed E-state index contributed by atoms with van der Waals surface area (Å²) in [5, 5.41) is 0. The highest BCUT2D eigenvalue weighted by atomic mass is 15.1. The molecule has 0 spiro atoms.